The van der Waals surface area contributed by atoms with Gasteiger partial charge in [-0.1, -0.05) is 54.6 Å². The lowest BCUT2D eigenvalue weighted by Gasteiger charge is -2.27. The third-order valence-corrected chi connectivity index (χ3v) is 5.18. The summed E-state index contributed by atoms with van der Waals surface area (Å²) in [6.45, 7) is -0.849. The van der Waals surface area contributed by atoms with Gasteiger partial charge in [0.2, 0.25) is 5.91 Å². The number of hydrogen-bond acceptors (Lipinski definition) is 6. The standard InChI is InChI=1S/C26H23N3O6/c30-23(17-34-20-12-6-2-7-13-20)27-29(25(32)18-35-21-14-8-3-9-15-21)22-16-24(31)28(26(22)33)19-10-4-1-5-11-19/h1-15,22H,16-18H2,(H,27,30). The van der Waals surface area contributed by atoms with E-state index in [1.807, 2.05) is 0 Å². The Morgan fingerprint density at radius 2 is 1.31 bits per heavy atom. The highest BCUT2D eigenvalue weighted by molar-refractivity contribution is 6.23. The van der Waals surface area contributed by atoms with Gasteiger partial charge in [0.1, 0.15) is 17.5 Å². The Balaban J connectivity index is 1.50. The molecule has 1 saturated heterocycles. The minimum atomic E-state index is -1.23. The molecule has 0 bridgehead atoms. The van der Waals surface area contributed by atoms with Gasteiger partial charge in [0.25, 0.3) is 17.7 Å². The number of amides is 4. The fraction of sp³-hybridized carbons (Fsp3) is 0.154. The Bertz CT molecular complexity index is 1190. The second-order valence-corrected chi connectivity index (χ2v) is 7.63. The van der Waals surface area contributed by atoms with Crippen LogP contribution in [0.1, 0.15) is 6.42 Å². The van der Waals surface area contributed by atoms with Crippen molar-refractivity contribution in [3.05, 3.63) is 91.0 Å². The number of carbonyl (C=O) groups is 4. The highest BCUT2D eigenvalue weighted by Crippen LogP contribution is 2.25. The smallest absolute Gasteiger partial charge is 0.279 e. The number of carbonyl (C=O) groups excluding carboxylic acids is 4. The molecule has 178 valence electrons. The molecule has 4 amide bonds. The maximum Gasteiger partial charge on any atom is 0.279 e. The topological polar surface area (TPSA) is 105 Å². The zero-order valence-electron chi connectivity index (χ0n) is 18.7. The van der Waals surface area contributed by atoms with Crippen LogP contribution in [0.3, 0.4) is 0 Å². The van der Waals surface area contributed by atoms with E-state index in [-0.39, 0.29) is 6.42 Å². The molecule has 3 aromatic rings. The molecule has 1 heterocycles. The number of nitrogens with one attached hydrogen (secondary N) is 1. The van der Waals surface area contributed by atoms with Crippen LogP contribution in [0.5, 0.6) is 11.5 Å². The Kier molecular flexibility index (Phi) is 7.37. The Morgan fingerprint density at radius 1 is 0.800 bits per heavy atom. The van der Waals surface area contributed by atoms with E-state index in [0.717, 1.165) is 9.91 Å². The number of para-hydroxylation sites is 3. The van der Waals surface area contributed by atoms with E-state index < -0.39 is 42.9 Å². The van der Waals surface area contributed by atoms with Crippen molar-refractivity contribution in [3.8, 4) is 11.5 Å². The van der Waals surface area contributed by atoms with Crippen molar-refractivity contribution in [2.75, 3.05) is 18.1 Å². The van der Waals surface area contributed by atoms with Gasteiger partial charge in [0.05, 0.1) is 12.1 Å². The molecule has 1 unspecified atom stereocenters. The molecular weight excluding hydrogens is 450 g/mol. The molecule has 0 aliphatic carbocycles. The minimum Gasteiger partial charge on any atom is -0.484 e. The van der Waals surface area contributed by atoms with Crippen LogP contribution in [0.15, 0.2) is 91.0 Å². The normalized spacial score (nSPS) is 15.0. The van der Waals surface area contributed by atoms with E-state index in [2.05, 4.69) is 5.43 Å². The number of rotatable bonds is 8. The van der Waals surface area contributed by atoms with Gasteiger partial charge in [-0.2, -0.15) is 0 Å². The van der Waals surface area contributed by atoms with Crippen molar-refractivity contribution >= 4 is 29.3 Å². The van der Waals surface area contributed by atoms with Gasteiger partial charge in [0.15, 0.2) is 13.2 Å². The Hall–Kier alpha value is -4.66. The Morgan fingerprint density at radius 3 is 1.89 bits per heavy atom. The summed E-state index contributed by atoms with van der Waals surface area (Å²) in [5, 5.41) is 0.864. The van der Waals surface area contributed by atoms with Gasteiger partial charge in [-0.05, 0) is 36.4 Å². The van der Waals surface area contributed by atoms with Crippen LogP contribution in [-0.4, -0.2) is 47.9 Å². The number of imide groups is 1. The zero-order chi connectivity index (χ0) is 24.6. The van der Waals surface area contributed by atoms with Crippen molar-refractivity contribution in [3.63, 3.8) is 0 Å². The van der Waals surface area contributed by atoms with Gasteiger partial charge in [-0.3, -0.25) is 24.6 Å². The monoisotopic (exact) mass is 473 g/mol. The molecule has 1 fully saturated rings. The SMILES string of the molecule is O=C(COc1ccccc1)NN(C(=O)COc1ccccc1)C1CC(=O)N(c2ccccc2)C1=O. The molecule has 0 radical (unpaired) electrons. The first-order valence-electron chi connectivity index (χ1n) is 10.9. The van der Waals surface area contributed by atoms with E-state index in [4.69, 9.17) is 9.47 Å². The van der Waals surface area contributed by atoms with Crippen molar-refractivity contribution in [1.82, 2.24) is 10.4 Å². The van der Waals surface area contributed by atoms with Crippen molar-refractivity contribution in [2.24, 2.45) is 0 Å². The largest absolute Gasteiger partial charge is 0.484 e. The minimum absolute atomic E-state index is 0.287. The molecule has 1 N–H and O–H groups in total. The van der Waals surface area contributed by atoms with E-state index in [0.29, 0.717) is 17.2 Å². The van der Waals surface area contributed by atoms with E-state index >= 15 is 0 Å². The fourth-order valence-corrected chi connectivity index (χ4v) is 3.54. The number of hydrazine groups is 1. The molecule has 0 saturated carbocycles. The lowest BCUT2D eigenvalue weighted by Crippen LogP contribution is -2.56. The van der Waals surface area contributed by atoms with E-state index in [1.165, 1.54) is 0 Å². The fourth-order valence-electron chi connectivity index (χ4n) is 3.54. The number of hydrogen-bond donors (Lipinski definition) is 1. The molecule has 1 atom stereocenters. The quantitative estimate of drug-likeness (QED) is 0.398. The molecular formula is C26H23N3O6. The average Bonchev–Trinajstić information content (AvgIpc) is 3.19. The van der Waals surface area contributed by atoms with Crippen LogP contribution >= 0.6 is 0 Å². The number of ether oxygens (including phenoxy) is 2. The summed E-state index contributed by atoms with van der Waals surface area (Å²) in [6.07, 6.45) is -0.287. The average molecular weight is 473 g/mol. The predicted octanol–water partition coefficient (Wildman–Crippen LogP) is 2.34. The van der Waals surface area contributed by atoms with Crippen LogP contribution in [0.25, 0.3) is 0 Å². The van der Waals surface area contributed by atoms with Crippen molar-refractivity contribution < 1.29 is 28.7 Å². The van der Waals surface area contributed by atoms with Gasteiger partial charge >= 0.3 is 0 Å². The summed E-state index contributed by atoms with van der Waals surface area (Å²) in [7, 11) is 0. The molecule has 9 heteroatoms. The molecule has 3 aromatic carbocycles. The summed E-state index contributed by atoms with van der Waals surface area (Å²) in [6, 6.07) is 24.5. The van der Waals surface area contributed by atoms with Crippen LogP contribution in [0.2, 0.25) is 0 Å². The first kappa shape index (κ1) is 23.5. The van der Waals surface area contributed by atoms with Crippen LogP contribution in [0.4, 0.5) is 5.69 Å². The van der Waals surface area contributed by atoms with Gasteiger partial charge in [0, 0.05) is 0 Å². The van der Waals surface area contributed by atoms with Crippen LogP contribution in [-0.2, 0) is 19.2 Å². The second-order valence-electron chi connectivity index (χ2n) is 7.63. The highest BCUT2D eigenvalue weighted by Gasteiger charge is 2.45. The van der Waals surface area contributed by atoms with Gasteiger partial charge in [-0.15, -0.1) is 0 Å². The zero-order valence-corrected chi connectivity index (χ0v) is 18.7. The third-order valence-electron chi connectivity index (χ3n) is 5.18. The Labute approximate surface area is 201 Å². The molecule has 1 aliphatic heterocycles. The molecule has 1 aliphatic rings. The van der Waals surface area contributed by atoms with Crippen LogP contribution < -0.4 is 19.8 Å². The summed E-state index contributed by atoms with van der Waals surface area (Å²) in [4.78, 5) is 52.6. The molecule has 4 rings (SSSR count). The second kappa shape index (κ2) is 11.0. The molecule has 35 heavy (non-hydrogen) atoms. The van der Waals surface area contributed by atoms with E-state index in [9.17, 15) is 19.2 Å². The number of anilines is 1. The van der Waals surface area contributed by atoms with Crippen LogP contribution in [0, 0.1) is 0 Å². The summed E-state index contributed by atoms with van der Waals surface area (Å²) in [5.41, 5.74) is 2.81. The molecule has 0 aromatic heterocycles. The molecule has 9 nitrogen and oxygen atoms in total. The first-order chi connectivity index (χ1) is 17.0. The lowest BCUT2D eigenvalue weighted by molar-refractivity contribution is -0.149. The number of nitrogens with zero attached hydrogens (tertiary/aromatic N) is 2. The van der Waals surface area contributed by atoms with Crippen molar-refractivity contribution in [2.45, 2.75) is 12.5 Å². The summed E-state index contributed by atoms with van der Waals surface area (Å²) < 4.78 is 10.9. The number of benzene rings is 3. The summed E-state index contributed by atoms with van der Waals surface area (Å²) in [5.74, 6) is -1.56. The highest BCUT2D eigenvalue weighted by atomic mass is 16.5. The van der Waals surface area contributed by atoms with E-state index in [1.54, 1.807) is 91.0 Å². The van der Waals surface area contributed by atoms with Gasteiger partial charge < -0.3 is 9.47 Å². The summed E-state index contributed by atoms with van der Waals surface area (Å²) >= 11 is 0. The maximum atomic E-state index is 13.2. The third kappa shape index (κ3) is 5.83. The first-order valence-corrected chi connectivity index (χ1v) is 10.9. The lowest BCUT2D eigenvalue weighted by atomic mass is 10.2. The predicted molar refractivity (Wildman–Crippen MR) is 126 cm³/mol. The van der Waals surface area contributed by atoms with Gasteiger partial charge in [-0.25, -0.2) is 9.91 Å². The van der Waals surface area contributed by atoms with Crippen molar-refractivity contribution in [1.29, 1.82) is 0 Å². The maximum absolute atomic E-state index is 13.2. The molecule has 0 spiro atoms.